The molecular formula is C19H26O4. The summed E-state index contributed by atoms with van der Waals surface area (Å²) in [5.74, 6) is 0.563. The molecule has 0 unspecified atom stereocenters. The second kappa shape index (κ2) is 6.52. The lowest BCUT2D eigenvalue weighted by atomic mass is 9.86. The van der Waals surface area contributed by atoms with Crippen LogP contribution in [0.4, 0.5) is 0 Å². The van der Waals surface area contributed by atoms with Crippen LogP contribution in [0.2, 0.25) is 0 Å². The third-order valence-electron chi connectivity index (χ3n) is 5.52. The minimum absolute atomic E-state index is 0.154. The molecule has 23 heavy (non-hydrogen) atoms. The van der Waals surface area contributed by atoms with Gasteiger partial charge in [0, 0.05) is 24.3 Å². The summed E-state index contributed by atoms with van der Waals surface area (Å²) in [7, 11) is 0. The second-order valence-corrected chi connectivity index (χ2v) is 7.06. The van der Waals surface area contributed by atoms with Gasteiger partial charge in [0.25, 0.3) is 0 Å². The van der Waals surface area contributed by atoms with Gasteiger partial charge in [-0.15, -0.1) is 0 Å². The van der Waals surface area contributed by atoms with Gasteiger partial charge >= 0.3 is 0 Å². The average molecular weight is 318 g/mol. The van der Waals surface area contributed by atoms with Crippen LogP contribution < -0.4 is 0 Å². The van der Waals surface area contributed by atoms with Crippen LogP contribution in [0.3, 0.4) is 0 Å². The molecule has 1 aromatic carbocycles. The highest BCUT2D eigenvalue weighted by Gasteiger charge is 2.48. The first-order valence-corrected chi connectivity index (χ1v) is 8.88. The summed E-state index contributed by atoms with van der Waals surface area (Å²) in [5, 5.41) is 0. The number of hydrogen-bond acceptors (Lipinski definition) is 4. The van der Waals surface area contributed by atoms with Crippen molar-refractivity contribution >= 4 is 0 Å². The average Bonchev–Trinajstić information content (AvgIpc) is 2.62. The molecule has 1 aromatic rings. The van der Waals surface area contributed by atoms with Crippen molar-refractivity contribution in [2.45, 2.75) is 50.8 Å². The predicted molar refractivity (Wildman–Crippen MR) is 85.8 cm³/mol. The highest BCUT2D eigenvalue weighted by atomic mass is 16.7. The van der Waals surface area contributed by atoms with Crippen molar-refractivity contribution in [1.82, 2.24) is 0 Å². The van der Waals surface area contributed by atoms with Crippen molar-refractivity contribution in [3.63, 3.8) is 0 Å². The lowest BCUT2D eigenvalue weighted by molar-refractivity contribution is -0.346. The highest BCUT2D eigenvalue weighted by molar-refractivity contribution is 5.16. The van der Waals surface area contributed by atoms with E-state index in [1.807, 2.05) is 18.2 Å². The van der Waals surface area contributed by atoms with Gasteiger partial charge in [-0.1, -0.05) is 43.7 Å². The minimum Gasteiger partial charge on any atom is -0.350 e. The first kappa shape index (κ1) is 15.6. The molecule has 3 saturated heterocycles. The van der Waals surface area contributed by atoms with Gasteiger partial charge in [0.15, 0.2) is 12.1 Å². The van der Waals surface area contributed by atoms with Crippen LogP contribution in [0.1, 0.15) is 44.5 Å². The second-order valence-electron chi connectivity index (χ2n) is 7.06. The molecule has 0 aliphatic carbocycles. The van der Waals surface area contributed by atoms with Gasteiger partial charge in [-0.3, -0.25) is 0 Å². The van der Waals surface area contributed by atoms with Gasteiger partial charge in [0.2, 0.25) is 0 Å². The predicted octanol–water partition coefficient (Wildman–Crippen LogP) is 3.67. The van der Waals surface area contributed by atoms with E-state index in [1.54, 1.807) is 0 Å². The summed E-state index contributed by atoms with van der Waals surface area (Å²) in [6.07, 6.45) is 4.06. The summed E-state index contributed by atoms with van der Waals surface area (Å²) in [6, 6.07) is 10.2. The van der Waals surface area contributed by atoms with E-state index in [2.05, 4.69) is 19.1 Å². The lowest BCUT2D eigenvalue weighted by Gasteiger charge is -2.49. The Hall–Kier alpha value is -0.940. The summed E-state index contributed by atoms with van der Waals surface area (Å²) in [4.78, 5) is 0. The van der Waals surface area contributed by atoms with E-state index in [0.29, 0.717) is 25.0 Å². The maximum atomic E-state index is 6.27. The van der Waals surface area contributed by atoms with E-state index in [0.717, 1.165) is 25.0 Å². The van der Waals surface area contributed by atoms with E-state index in [-0.39, 0.29) is 12.4 Å². The molecule has 0 bridgehead atoms. The first-order chi connectivity index (χ1) is 11.3. The number of hydrogen-bond donors (Lipinski definition) is 0. The fraction of sp³-hybridized carbons (Fsp3) is 0.684. The van der Waals surface area contributed by atoms with Crippen molar-refractivity contribution in [2.24, 2.45) is 11.8 Å². The van der Waals surface area contributed by atoms with Crippen molar-refractivity contribution < 1.29 is 18.9 Å². The van der Waals surface area contributed by atoms with E-state index >= 15 is 0 Å². The van der Waals surface area contributed by atoms with Gasteiger partial charge < -0.3 is 18.9 Å². The van der Waals surface area contributed by atoms with Crippen LogP contribution >= 0.6 is 0 Å². The smallest absolute Gasteiger partial charge is 0.184 e. The summed E-state index contributed by atoms with van der Waals surface area (Å²) in [6.45, 7) is 4.41. The molecule has 3 aliphatic heterocycles. The van der Waals surface area contributed by atoms with E-state index in [9.17, 15) is 0 Å². The van der Waals surface area contributed by atoms with Crippen LogP contribution in [0.5, 0.6) is 0 Å². The fourth-order valence-corrected chi connectivity index (χ4v) is 3.85. The minimum atomic E-state index is -0.425. The van der Waals surface area contributed by atoms with Crippen LogP contribution in [0, 0.1) is 11.8 Å². The van der Waals surface area contributed by atoms with E-state index in [4.69, 9.17) is 18.9 Å². The maximum Gasteiger partial charge on any atom is 0.184 e. The van der Waals surface area contributed by atoms with E-state index < -0.39 is 5.79 Å². The van der Waals surface area contributed by atoms with Gasteiger partial charge in [0.05, 0.1) is 25.9 Å². The van der Waals surface area contributed by atoms with Crippen molar-refractivity contribution in [1.29, 1.82) is 0 Å². The van der Waals surface area contributed by atoms with Crippen LogP contribution in [0.25, 0.3) is 0 Å². The molecule has 4 rings (SSSR count). The van der Waals surface area contributed by atoms with Crippen LogP contribution in [-0.4, -0.2) is 31.7 Å². The molecule has 3 aliphatic rings. The van der Waals surface area contributed by atoms with Crippen molar-refractivity contribution in [3.8, 4) is 0 Å². The van der Waals surface area contributed by atoms with Gasteiger partial charge in [-0.05, 0) is 12.3 Å². The maximum absolute atomic E-state index is 6.27. The Morgan fingerprint density at radius 1 is 1.09 bits per heavy atom. The molecular weight excluding hydrogens is 292 g/mol. The zero-order chi connectivity index (χ0) is 15.7. The Bertz CT molecular complexity index is 504. The zero-order valence-corrected chi connectivity index (χ0v) is 13.8. The molecule has 0 amide bonds. The van der Waals surface area contributed by atoms with Gasteiger partial charge in [-0.2, -0.15) is 0 Å². The Morgan fingerprint density at radius 2 is 1.91 bits per heavy atom. The summed E-state index contributed by atoms with van der Waals surface area (Å²) in [5.41, 5.74) is 1.09. The normalized spacial score (nSPS) is 40.7. The summed E-state index contributed by atoms with van der Waals surface area (Å²) >= 11 is 0. The number of ether oxygens (including phenoxy) is 4. The molecule has 126 valence electrons. The standard InChI is InChI=1S/C19H26O4/c1-2-14-8-9-19(21-11-14)10-17-16(13-22-19)12-20-18(23-17)15-6-4-3-5-7-15/h3-7,14,16-18H,2,8-13H2,1H3/t14-,16+,17+,18-,19-/m0/s1. The van der Waals surface area contributed by atoms with Crippen molar-refractivity contribution in [2.75, 3.05) is 19.8 Å². The van der Waals surface area contributed by atoms with Crippen LogP contribution in [0.15, 0.2) is 30.3 Å². The zero-order valence-electron chi connectivity index (χ0n) is 13.8. The largest absolute Gasteiger partial charge is 0.350 e. The SMILES string of the molecule is CC[C@H]1CC[C@]2(C[C@H]3O[C@@H](c4ccccc4)OC[C@@H]3CO2)OC1. The summed E-state index contributed by atoms with van der Waals surface area (Å²) < 4.78 is 24.5. The van der Waals surface area contributed by atoms with Crippen molar-refractivity contribution in [3.05, 3.63) is 35.9 Å². The molecule has 3 fully saturated rings. The molecule has 0 N–H and O–H groups in total. The number of benzene rings is 1. The number of fused-ring (bicyclic) bond motifs is 1. The van der Waals surface area contributed by atoms with Gasteiger partial charge in [0.1, 0.15) is 0 Å². The van der Waals surface area contributed by atoms with Gasteiger partial charge in [-0.25, -0.2) is 0 Å². The molecule has 4 nitrogen and oxygen atoms in total. The quantitative estimate of drug-likeness (QED) is 0.834. The van der Waals surface area contributed by atoms with Crippen LogP contribution in [-0.2, 0) is 18.9 Å². The molecule has 0 aromatic heterocycles. The molecule has 5 atom stereocenters. The number of rotatable bonds is 2. The Labute approximate surface area is 138 Å². The monoisotopic (exact) mass is 318 g/mol. The van der Waals surface area contributed by atoms with E-state index in [1.165, 1.54) is 12.8 Å². The molecule has 1 spiro atoms. The highest BCUT2D eigenvalue weighted by Crippen LogP contribution is 2.43. The fourth-order valence-electron chi connectivity index (χ4n) is 3.85. The third-order valence-corrected chi connectivity index (χ3v) is 5.52. The molecule has 4 heteroatoms. The Balaban J connectivity index is 1.43. The Morgan fingerprint density at radius 3 is 2.65 bits per heavy atom. The topological polar surface area (TPSA) is 36.9 Å². The Kier molecular flexibility index (Phi) is 4.41. The molecule has 3 heterocycles. The molecule has 0 radical (unpaired) electrons. The first-order valence-electron chi connectivity index (χ1n) is 8.88. The third kappa shape index (κ3) is 3.18. The molecule has 0 saturated carbocycles. The lowest BCUT2D eigenvalue weighted by Crippen LogP contribution is -2.54.